The number of hydrogen-bond acceptors (Lipinski definition) is 5. The molecule has 0 aromatic rings. The highest BCUT2D eigenvalue weighted by atomic mass is 28.4. The molecule has 1 rings (SSSR count). The van der Waals surface area contributed by atoms with Crippen LogP contribution in [-0.2, 0) is 9.16 Å². The number of ether oxygens (including phenoxy) is 1. The van der Waals surface area contributed by atoms with Crippen LogP contribution in [-0.4, -0.2) is 66.5 Å². The fourth-order valence-corrected chi connectivity index (χ4v) is 3.44. The highest BCUT2D eigenvalue weighted by Crippen LogP contribution is 2.38. The largest absolute Gasteiger partial charge is 0.444 e. The molecule has 0 aromatic heterocycles. The number of β-amino-alcohol motifs (C(OH)–C–C–N with tert-alkyl or cyclic N) is 1. The standard InChI is InChI=1S/C16H33NO5Si/c1-15(2,3)21-14(20)17-9-11(18)13(19)12(10-17)22-23(7,8)16(4,5)6/h11-13,18-19H,9-10H2,1-8H3/t11-,12?,13-/m1/s1. The van der Waals surface area contributed by atoms with Crippen molar-refractivity contribution in [3.63, 3.8) is 0 Å². The third-order valence-corrected chi connectivity index (χ3v) is 8.99. The molecule has 2 N–H and O–H groups in total. The van der Waals surface area contributed by atoms with Gasteiger partial charge in [0.1, 0.15) is 17.8 Å². The fraction of sp³-hybridized carbons (Fsp3) is 0.938. The maximum Gasteiger partial charge on any atom is 0.410 e. The van der Waals surface area contributed by atoms with E-state index >= 15 is 0 Å². The predicted octanol–water partition coefficient (Wildman–Crippen LogP) is 2.35. The lowest BCUT2D eigenvalue weighted by Crippen LogP contribution is -2.61. The summed E-state index contributed by atoms with van der Waals surface area (Å²) in [4.78, 5) is 13.7. The van der Waals surface area contributed by atoms with Gasteiger partial charge in [-0.2, -0.15) is 0 Å². The molecule has 1 aliphatic heterocycles. The first-order valence-corrected chi connectivity index (χ1v) is 11.1. The molecule has 3 atom stereocenters. The topological polar surface area (TPSA) is 79.2 Å². The van der Waals surface area contributed by atoms with Crippen molar-refractivity contribution in [2.75, 3.05) is 13.1 Å². The number of carbonyl (C=O) groups excluding carboxylic acids is 1. The van der Waals surface area contributed by atoms with Gasteiger partial charge in [-0.15, -0.1) is 0 Å². The summed E-state index contributed by atoms with van der Waals surface area (Å²) in [6.45, 7) is 16.1. The van der Waals surface area contributed by atoms with Gasteiger partial charge in [-0.25, -0.2) is 4.79 Å². The molecule has 1 unspecified atom stereocenters. The molecule has 1 saturated heterocycles. The monoisotopic (exact) mass is 347 g/mol. The van der Waals surface area contributed by atoms with E-state index in [9.17, 15) is 15.0 Å². The summed E-state index contributed by atoms with van der Waals surface area (Å²) in [6, 6.07) is 0. The lowest BCUT2D eigenvalue weighted by atomic mass is 10.0. The molecule has 1 heterocycles. The van der Waals surface area contributed by atoms with Gasteiger partial charge in [0.2, 0.25) is 0 Å². The van der Waals surface area contributed by atoms with Crippen molar-refractivity contribution in [3.8, 4) is 0 Å². The lowest BCUT2D eigenvalue weighted by molar-refractivity contribution is -0.104. The first-order valence-electron chi connectivity index (χ1n) is 8.16. The number of aliphatic hydroxyl groups excluding tert-OH is 2. The summed E-state index contributed by atoms with van der Waals surface area (Å²) in [5, 5.41) is 20.3. The number of nitrogens with zero attached hydrogens (tertiary/aromatic N) is 1. The van der Waals surface area contributed by atoms with Crippen molar-refractivity contribution in [1.82, 2.24) is 4.90 Å². The Morgan fingerprint density at radius 2 is 1.61 bits per heavy atom. The number of hydrogen-bond donors (Lipinski definition) is 2. The Labute approximate surface area is 140 Å². The minimum absolute atomic E-state index is 0.0220. The molecule has 0 aliphatic carbocycles. The molecule has 6 nitrogen and oxygen atoms in total. The number of likely N-dealkylation sites (tertiary alicyclic amines) is 1. The highest BCUT2D eigenvalue weighted by Gasteiger charge is 2.45. The van der Waals surface area contributed by atoms with Gasteiger partial charge < -0.3 is 24.3 Å². The molecule has 0 bridgehead atoms. The second-order valence-electron chi connectivity index (χ2n) is 8.86. The summed E-state index contributed by atoms with van der Waals surface area (Å²) >= 11 is 0. The van der Waals surface area contributed by atoms with Crippen molar-refractivity contribution in [1.29, 1.82) is 0 Å². The molecule has 1 fully saturated rings. The summed E-state index contributed by atoms with van der Waals surface area (Å²) < 4.78 is 11.6. The number of rotatable bonds is 2. The summed E-state index contributed by atoms with van der Waals surface area (Å²) in [7, 11) is -2.12. The molecule has 1 aliphatic rings. The van der Waals surface area contributed by atoms with Gasteiger partial charge in [-0.05, 0) is 38.9 Å². The Morgan fingerprint density at radius 1 is 1.09 bits per heavy atom. The van der Waals surface area contributed by atoms with E-state index < -0.39 is 38.3 Å². The van der Waals surface area contributed by atoms with Crippen molar-refractivity contribution in [2.24, 2.45) is 0 Å². The fourth-order valence-electron chi connectivity index (χ4n) is 2.12. The van der Waals surface area contributed by atoms with Gasteiger partial charge >= 0.3 is 6.09 Å². The Morgan fingerprint density at radius 3 is 2.04 bits per heavy atom. The van der Waals surface area contributed by atoms with Crippen LogP contribution in [0.15, 0.2) is 0 Å². The van der Waals surface area contributed by atoms with Crippen molar-refractivity contribution >= 4 is 14.4 Å². The summed E-state index contributed by atoms with van der Waals surface area (Å²) in [6.07, 6.45) is -3.13. The summed E-state index contributed by atoms with van der Waals surface area (Å²) in [5.41, 5.74) is -0.603. The van der Waals surface area contributed by atoms with E-state index in [1.165, 1.54) is 4.90 Å². The van der Waals surface area contributed by atoms with E-state index in [1.807, 2.05) is 0 Å². The average molecular weight is 348 g/mol. The first kappa shape index (κ1) is 20.4. The molecule has 0 radical (unpaired) electrons. The second-order valence-corrected chi connectivity index (χ2v) is 13.6. The maximum atomic E-state index is 12.2. The van der Waals surface area contributed by atoms with Gasteiger partial charge in [0.05, 0.1) is 19.2 Å². The number of piperidine rings is 1. The summed E-state index contributed by atoms with van der Waals surface area (Å²) in [5.74, 6) is 0. The number of aliphatic hydroxyl groups is 2. The zero-order chi connectivity index (χ0) is 18.2. The zero-order valence-corrected chi connectivity index (χ0v) is 16.7. The van der Waals surface area contributed by atoms with Crippen LogP contribution in [0.4, 0.5) is 4.79 Å². The van der Waals surface area contributed by atoms with Crippen LogP contribution in [0, 0.1) is 0 Å². The molecular weight excluding hydrogens is 314 g/mol. The third kappa shape index (κ3) is 5.44. The van der Waals surface area contributed by atoms with E-state index in [2.05, 4.69) is 33.9 Å². The van der Waals surface area contributed by atoms with Gasteiger partial charge in [0.25, 0.3) is 0 Å². The van der Waals surface area contributed by atoms with E-state index in [-0.39, 0.29) is 18.1 Å². The van der Waals surface area contributed by atoms with Crippen LogP contribution in [0.5, 0.6) is 0 Å². The average Bonchev–Trinajstić information content (AvgIpc) is 2.30. The molecule has 7 heteroatoms. The molecule has 136 valence electrons. The van der Waals surface area contributed by atoms with Gasteiger partial charge in [0.15, 0.2) is 8.32 Å². The van der Waals surface area contributed by atoms with Crippen LogP contribution in [0.25, 0.3) is 0 Å². The Kier molecular flexibility index (Phi) is 5.95. The highest BCUT2D eigenvalue weighted by molar-refractivity contribution is 6.74. The van der Waals surface area contributed by atoms with E-state index in [4.69, 9.17) is 9.16 Å². The smallest absolute Gasteiger partial charge is 0.410 e. The van der Waals surface area contributed by atoms with Gasteiger partial charge in [-0.1, -0.05) is 20.8 Å². The molecular formula is C16H33NO5Si. The number of carbonyl (C=O) groups is 1. The van der Waals surface area contributed by atoms with E-state index in [1.54, 1.807) is 20.8 Å². The Hall–Kier alpha value is -0.633. The van der Waals surface area contributed by atoms with Crippen molar-refractivity contribution in [2.45, 2.75) is 83.6 Å². The van der Waals surface area contributed by atoms with Crippen molar-refractivity contribution < 1.29 is 24.2 Å². The SMILES string of the molecule is CC(C)(C)OC(=O)N1CC(O[Si](C)(C)C(C)(C)C)[C@H](O)[C@H](O)C1. The number of amides is 1. The quantitative estimate of drug-likeness (QED) is 0.750. The van der Waals surface area contributed by atoms with Crippen LogP contribution >= 0.6 is 0 Å². The minimum Gasteiger partial charge on any atom is -0.444 e. The lowest BCUT2D eigenvalue weighted by Gasteiger charge is -2.45. The van der Waals surface area contributed by atoms with Crippen LogP contribution < -0.4 is 0 Å². The second kappa shape index (κ2) is 6.70. The van der Waals surface area contributed by atoms with E-state index in [0.29, 0.717) is 0 Å². The van der Waals surface area contributed by atoms with Gasteiger partial charge in [0, 0.05) is 0 Å². The third-order valence-electron chi connectivity index (χ3n) is 4.49. The Bertz CT molecular complexity index is 427. The van der Waals surface area contributed by atoms with Crippen LogP contribution in [0.2, 0.25) is 18.1 Å². The first-order chi connectivity index (χ1) is 10.1. The molecule has 0 aromatic carbocycles. The van der Waals surface area contributed by atoms with Crippen LogP contribution in [0.3, 0.4) is 0 Å². The molecule has 1 amide bonds. The van der Waals surface area contributed by atoms with Crippen LogP contribution in [0.1, 0.15) is 41.5 Å². The molecule has 0 spiro atoms. The minimum atomic E-state index is -2.12. The van der Waals surface area contributed by atoms with Crippen molar-refractivity contribution in [3.05, 3.63) is 0 Å². The normalized spacial score (nSPS) is 27.0. The Balaban J connectivity index is 2.86. The molecule has 23 heavy (non-hydrogen) atoms. The van der Waals surface area contributed by atoms with Gasteiger partial charge in [-0.3, -0.25) is 0 Å². The molecule has 0 saturated carbocycles. The zero-order valence-electron chi connectivity index (χ0n) is 15.7. The van der Waals surface area contributed by atoms with E-state index in [0.717, 1.165) is 0 Å². The predicted molar refractivity (Wildman–Crippen MR) is 91.9 cm³/mol. The maximum absolute atomic E-state index is 12.2.